The molecule has 0 unspecified atom stereocenters. The number of hydrogen-bond donors (Lipinski definition) is 1. The first-order valence-electron chi connectivity index (χ1n) is 6.49. The molecule has 7 nitrogen and oxygen atoms in total. The van der Waals surface area contributed by atoms with Gasteiger partial charge in [-0.15, -0.1) is 0 Å². The van der Waals surface area contributed by atoms with E-state index >= 15 is 0 Å². The molecule has 118 valence electrons. The molecule has 2 rings (SSSR count). The molecule has 8 heteroatoms. The molecule has 2 aromatic rings. The number of hydrogen-bond acceptors (Lipinski definition) is 5. The summed E-state index contributed by atoms with van der Waals surface area (Å²) in [7, 11) is 2.93. The molecule has 0 aliphatic carbocycles. The Labute approximate surface area is 137 Å². The molecule has 2 N–H and O–H groups in total. The molecule has 1 amide bonds. The predicted octanol–water partition coefficient (Wildman–Crippen LogP) is 3.38. The average molecular weight is 334 g/mol. The van der Waals surface area contributed by atoms with Crippen LogP contribution in [0.25, 0.3) is 0 Å². The number of halogens is 1. The van der Waals surface area contributed by atoms with Gasteiger partial charge in [-0.3, -0.25) is 4.79 Å². The van der Waals surface area contributed by atoms with Crippen LogP contribution in [-0.4, -0.2) is 20.1 Å². The summed E-state index contributed by atoms with van der Waals surface area (Å²) in [5.74, 6) is 0.127. The number of rotatable bonds is 4. The van der Waals surface area contributed by atoms with Gasteiger partial charge < -0.3 is 15.2 Å². The lowest BCUT2D eigenvalue weighted by Crippen LogP contribution is -2.03. The Morgan fingerprint density at radius 1 is 1.17 bits per heavy atom. The molecular weight excluding hydrogens is 320 g/mol. The average Bonchev–Trinajstić information content (AvgIpc) is 2.56. The zero-order valence-electron chi connectivity index (χ0n) is 12.5. The Bertz CT molecular complexity index is 801. The fraction of sp³-hybridized carbons (Fsp3) is 0.133. The molecule has 0 bridgehead atoms. The minimum atomic E-state index is -0.653. The smallest absolute Gasteiger partial charge is 0.362 e. The molecular formula is C15H14ClN4O3+. The molecule has 0 saturated carbocycles. The van der Waals surface area contributed by atoms with Crippen molar-refractivity contribution in [2.75, 3.05) is 20.0 Å². The van der Waals surface area contributed by atoms with Crippen LogP contribution in [0.2, 0.25) is 5.02 Å². The summed E-state index contributed by atoms with van der Waals surface area (Å²) in [6.45, 7) is 0. The lowest BCUT2D eigenvalue weighted by atomic mass is 10.1. The molecule has 0 heterocycles. The lowest BCUT2D eigenvalue weighted by molar-refractivity contribution is 0.0993. The number of carbonyl (C=O) groups excluding carboxylic acids is 1. The van der Waals surface area contributed by atoms with Crippen LogP contribution in [0.3, 0.4) is 0 Å². The number of methoxy groups -OCH3 is 2. The van der Waals surface area contributed by atoms with Gasteiger partial charge in [0.2, 0.25) is 10.0 Å². The second kappa shape index (κ2) is 7.40. The maximum absolute atomic E-state index is 12.1. The van der Waals surface area contributed by atoms with E-state index in [1.54, 1.807) is 24.3 Å². The molecule has 0 aromatic heterocycles. The van der Waals surface area contributed by atoms with E-state index in [0.29, 0.717) is 22.2 Å². The number of nitrogen functional groups attached to an aromatic ring is 1. The Kier molecular flexibility index (Phi) is 5.30. The van der Waals surface area contributed by atoms with Gasteiger partial charge in [0.1, 0.15) is 0 Å². The van der Waals surface area contributed by atoms with Gasteiger partial charge in [-0.05, 0) is 18.2 Å². The summed E-state index contributed by atoms with van der Waals surface area (Å²) in [5.41, 5.74) is 6.57. The summed E-state index contributed by atoms with van der Waals surface area (Å²) in [6, 6.07) is 9.72. The molecule has 0 radical (unpaired) electrons. The molecule has 23 heavy (non-hydrogen) atoms. The SMILES string of the molecule is COc1cc(N)c(C(=O)N=[N+]=Nc2ccccc2Cl)cc1OC. The van der Waals surface area contributed by atoms with Crippen molar-refractivity contribution in [3.8, 4) is 11.5 Å². The van der Waals surface area contributed by atoms with Crippen molar-refractivity contribution in [3.63, 3.8) is 0 Å². The molecule has 0 fully saturated rings. The maximum Gasteiger partial charge on any atom is 0.362 e. The quantitative estimate of drug-likeness (QED) is 0.526. The molecule has 0 atom stereocenters. The standard InChI is InChI=1S/C15H13ClN4O3/c1-22-13-7-9(11(17)8-14(13)23-2)15(21)19-20-18-12-6-4-3-5-10(12)16/h3-8H,1-2H3,(H-,17,21)/p+1. The van der Waals surface area contributed by atoms with Crippen LogP contribution in [0.1, 0.15) is 10.4 Å². The Hall–Kier alpha value is -2.89. The van der Waals surface area contributed by atoms with Gasteiger partial charge in [-0.1, -0.05) is 23.7 Å². The second-order valence-electron chi connectivity index (χ2n) is 4.34. The Morgan fingerprint density at radius 2 is 1.83 bits per heavy atom. The van der Waals surface area contributed by atoms with Gasteiger partial charge in [0.15, 0.2) is 22.3 Å². The highest BCUT2D eigenvalue weighted by Crippen LogP contribution is 2.32. The van der Waals surface area contributed by atoms with Crippen LogP contribution in [0, 0.1) is 0 Å². The minimum absolute atomic E-state index is 0.140. The minimum Gasteiger partial charge on any atom is -0.493 e. The van der Waals surface area contributed by atoms with E-state index in [9.17, 15) is 4.79 Å². The molecule has 2 aromatic carbocycles. The molecule has 0 saturated heterocycles. The number of benzene rings is 2. The van der Waals surface area contributed by atoms with Crippen molar-refractivity contribution < 1.29 is 14.3 Å². The third-order valence-corrected chi connectivity index (χ3v) is 3.25. The highest BCUT2D eigenvalue weighted by molar-refractivity contribution is 6.32. The third kappa shape index (κ3) is 3.85. The number of carbonyl (C=O) groups is 1. The lowest BCUT2D eigenvalue weighted by Gasteiger charge is -2.09. The number of nitrogens with zero attached hydrogens (tertiary/aromatic N) is 3. The summed E-state index contributed by atoms with van der Waals surface area (Å²) in [5, 5.41) is 7.70. The van der Waals surface area contributed by atoms with Crippen LogP contribution in [0.5, 0.6) is 11.5 Å². The molecule has 0 aliphatic heterocycles. The van der Waals surface area contributed by atoms with E-state index in [2.05, 4.69) is 15.1 Å². The van der Waals surface area contributed by atoms with Gasteiger partial charge in [0.05, 0.1) is 24.8 Å². The second-order valence-corrected chi connectivity index (χ2v) is 4.75. The van der Waals surface area contributed by atoms with Crippen molar-refractivity contribution >= 4 is 28.9 Å². The van der Waals surface area contributed by atoms with Gasteiger partial charge in [0, 0.05) is 11.8 Å². The number of anilines is 1. The van der Waals surface area contributed by atoms with Crippen molar-refractivity contribution in [1.29, 1.82) is 0 Å². The van der Waals surface area contributed by atoms with E-state index in [4.69, 9.17) is 26.8 Å². The van der Waals surface area contributed by atoms with Crippen molar-refractivity contribution in [1.82, 2.24) is 4.91 Å². The third-order valence-electron chi connectivity index (χ3n) is 2.93. The zero-order valence-corrected chi connectivity index (χ0v) is 13.2. The van der Waals surface area contributed by atoms with Crippen molar-refractivity contribution in [2.24, 2.45) is 10.2 Å². The van der Waals surface area contributed by atoms with E-state index in [0.717, 1.165) is 0 Å². The van der Waals surface area contributed by atoms with Crippen molar-refractivity contribution in [2.45, 2.75) is 0 Å². The predicted molar refractivity (Wildman–Crippen MR) is 86.4 cm³/mol. The van der Waals surface area contributed by atoms with Crippen LogP contribution < -0.4 is 20.1 Å². The topological polar surface area (TPSA) is 100 Å². The first-order chi connectivity index (χ1) is 11.1. The van der Waals surface area contributed by atoms with Crippen LogP contribution in [0.4, 0.5) is 11.4 Å². The van der Waals surface area contributed by atoms with E-state index in [1.165, 1.54) is 26.4 Å². The molecule has 0 aliphatic rings. The first kappa shape index (κ1) is 16.5. The highest BCUT2D eigenvalue weighted by Gasteiger charge is 2.18. The van der Waals surface area contributed by atoms with Crippen LogP contribution in [0.15, 0.2) is 46.6 Å². The van der Waals surface area contributed by atoms with Gasteiger partial charge in [0.25, 0.3) is 0 Å². The van der Waals surface area contributed by atoms with E-state index in [-0.39, 0.29) is 11.3 Å². The number of amides is 1. The normalized spacial score (nSPS) is 9.70. The monoisotopic (exact) mass is 333 g/mol. The zero-order chi connectivity index (χ0) is 16.8. The molecule has 0 spiro atoms. The summed E-state index contributed by atoms with van der Waals surface area (Å²) in [4.78, 5) is 15.6. The van der Waals surface area contributed by atoms with Gasteiger partial charge in [-0.25, -0.2) is 0 Å². The fourth-order valence-corrected chi connectivity index (χ4v) is 1.95. The first-order valence-corrected chi connectivity index (χ1v) is 6.86. The summed E-state index contributed by atoms with van der Waals surface area (Å²) >= 11 is 5.92. The maximum atomic E-state index is 12.1. The van der Waals surface area contributed by atoms with E-state index < -0.39 is 5.91 Å². The van der Waals surface area contributed by atoms with Gasteiger partial charge in [-0.2, -0.15) is 0 Å². The van der Waals surface area contributed by atoms with Crippen LogP contribution >= 0.6 is 11.6 Å². The van der Waals surface area contributed by atoms with E-state index in [1.807, 2.05) is 0 Å². The largest absolute Gasteiger partial charge is 0.493 e. The number of ether oxygens (including phenoxy) is 2. The summed E-state index contributed by atoms with van der Waals surface area (Å²) < 4.78 is 10.2. The van der Waals surface area contributed by atoms with Crippen molar-refractivity contribution in [3.05, 3.63) is 47.0 Å². The fourth-order valence-electron chi connectivity index (χ4n) is 1.78. The van der Waals surface area contributed by atoms with Crippen LogP contribution in [-0.2, 0) is 0 Å². The number of nitrogens with two attached hydrogens (primary N) is 1. The highest BCUT2D eigenvalue weighted by atomic mass is 35.5. The Morgan fingerprint density at radius 3 is 2.48 bits per heavy atom. The summed E-state index contributed by atoms with van der Waals surface area (Å²) in [6.07, 6.45) is 0. The van der Waals surface area contributed by atoms with Gasteiger partial charge >= 0.3 is 5.91 Å². The Balaban J connectivity index is 2.31.